The molecule has 0 aliphatic heterocycles. The minimum absolute atomic E-state index is 0.488. The molecule has 0 saturated heterocycles. The van der Waals surface area contributed by atoms with Gasteiger partial charge in [0.2, 0.25) is 0 Å². The van der Waals surface area contributed by atoms with Gasteiger partial charge in [-0.05, 0) is 29.8 Å². The largest absolute Gasteiger partial charge is 0.388 e. The van der Waals surface area contributed by atoms with Gasteiger partial charge in [0.05, 0.1) is 18.9 Å². The number of ether oxygens (including phenoxy) is 1. The molecule has 1 N–H and O–H groups in total. The number of nitrogens with one attached hydrogen (secondary N) is 1. The SMILES string of the molecule is CNc1ccnc(COCc2cccc(Cl)c2)c1. The Kier molecular flexibility index (Phi) is 4.56. The smallest absolute Gasteiger partial charge is 0.0893 e. The van der Waals surface area contributed by atoms with E-state index < -0.39 is 0 Å². The second-order valence-corrected chi connectivity index (χ2v) is 4.35. The maximum atomic E-state index is 5.90. The van der Waals surface area contributed by atoms with Gasteiger partial charge in [-0.15, -0.1) is 0 Å². The van der Waals surface area contributed by atoms with Crippen molar-refractivity contribution in [3.05, 3.63) is 58.9 Å². The monoisotopic (exact) mass is 262 g/mol. The predicted octanol–water partition coefficient (Wildman–Crippen LogP) is 3.49. The van der Waals surface area contributed by atoms with Gasteiger partial charge in [0, 0.05) is 24.0 Å². The van der Waals surface area contributed by atoms with Crippen LogP contribution in [-0.2, 0) is 18.0 Å². The Balaban J connectivity index is 1.88. The van der Waals surface area contributed by atoms with E-state index in [4.69, 9.17) is 16.3 Å². The summed E-state index contributed by atoms with van der Waals surface area (Å²) in [5, 5.41) is 3.80. The third-order valence-electron chi connectivity index (χ3n) is 2.51. The van der Waals surface area contributed by atoms with E-state index in [1.165, 1.54) is 0 Å². The topological polar surface area (TPSA) is 34.2 Å². The van der Waals surface area contributed by atoms with Gasteiger partial charge in [0.1, 0.15) is 0 Å². The van der Waals surface area contributed by atoms with Crippen molar-refractivity contribution in [3.8, 4) is 0 Å². The molecule has 0 fully saturated rings. The molecule has 0 amide bonds. The van der Waals surface area contributed by atoms with Crippen LogP contribution in [0.3, 0.4) is 0 Å². The summed E-state index contributed by atoms with van der Waals surface area (Å²) in [7, 11) is 1.88. The Labute approximate surface area is 112 Å². The van der Waals surface area contributed by atoms with E-state index in [2.05, 4.69) is 10.3 Å². The van der Waals surface area contributed by atoms with Crippen LogP contribution in [0.2, 0.25) is 5.02 Å². The van der Waals surface area contributed by atoms with Crippen LogP contribution < -0.4 is 5.32 Å². The number of halogens is 1. The predicted molar refractivity (Wildman–Crippen MR) is 73.7 cm³/mol. The van der Waals surface area contributed by atoms with Gasteiger partial charge in [-0.3, -0.25) is 4.98 Å². The van der Waals surface area contributed by atoms with Crippen LogP contribution in [0.1, 0.15) is 11.3 Å². The van der Waals surface area contributed by atoms with Crippen LogP contribution in [0.5, 0.6) is 0 Å². The molecule has 1 aromatic carbocycles. The van der Waals surface area contributed by atoms with Crippen molar-refractivity contribution >= 4 is 17.3 Å². The normalized spacial score (nSPS) is 10.3. The first-order valence-electron chi connectivity index (χ1n) is 5.73. The van der Waals surface area contributed by atoms with Crippen molar-refractivity contribution in [1.82, 2.24) is 4.98 Å². The van der Waals surface area contributed by atoms with Gasteiger partial charge in [-0.2, -0.15) is 0 Å². The van der Waals surface area contributed by atoms with Gasteiger partial charge in [0.15, 0.2) is 0 Å². The zero-order valence-electron chi connectivity index (χ0n) is 10.2. The number of rotatable bonds is 5. The Morgan fingerprint density at radius 2 is 2.11 bits per heavy atom. The molecule has 4 heteroatoms. The molecule has 3 nitrogen and oxygen atoms in total. The van der Waals surface area contributed by atoms with Crippen LogP contribution in [0.15, 0.2) is 42.6 Å². The fraction of sp³-hybridized carbons (Fsp3) is 0.214. The van der Waals surface area contributed by atoms with E-state index in [1.807, 2.05) is 43.4 Å². The summed E-state index contributed by atoms with van der Waals surface area (Å²) >= 11 is 5.90. The van der Waals surface area contributed by atoms with E-state index in [1.54, 1.807) is 6.20 Å². The lowest BCUT2D eigenvalue weighted by molar-refractivity contribution is 0.104. The van der Waals surface area contributed by atoms with Gasteiger partial charge < -0.3 is 10.1 Å². The second kappa shape index (κ2) is 6.38. The number of hydrogen-bond donors (Lipinski definition) is 1. The van der Waals surface area contributed by atoms with E-state index in [0.29, 0.717) is 13.2 Å². The van der Waals surface area contributed by atoms with Crippen LogP contribution in [0.4, 0.5) is 5.69 Å². The maximum Gasteiger partial charge on any atom is 0.0893 e. The van der Waals surface area contributed by atoms with Gasteiger partial charge in [-0.1, -0.05) is 23.7 Å². The molecule has 0 atom stereocenters. The van der Waals surface area contributed by atoms with E-state index >= 15 is 0 Å². The average molecular weight is 263 g/mol. The molecular weight excluding hydrogens is 248 g/mol. The molecule has 2 rings (SSSR count). The summed E-state index contributed by atoms with van der Waals surface area (Å²) in [5.41, 5.74) is 3.00. The Morgan fingerprint density at radius 1 is 1.22 bits per heavy atom. The van der Waals surface area contributed by atoms with E-state index in [-0.39, 0.29) is 0 Å². The third-order valence-corrected chi connectivity index (χ3v) is 2.75. The number of hydrogen-bond acceptors (Lipinski definition) is 3. The summed E-state index contributed by atoms with van der Waals surface area (Å²) in [5.74, 6) is 0. The summed E-state index contributed by atoms with van der Waals surface area (Å²) in [4.78, 5) is 4.25. The van der Waals surface area contributed by atoms with Gasteiger partial charge in [0.25, 0.3) is 0 Å². The Hall–Kier alpha value is -1.58. The highest BCUT2D eigenvalue weighted by molar-refractivity contribution is 6.30. The fourth-order valence-electron chi connectivity index (χ4n) is 1.61. The first-order chi connectivity index (χ1) is 8.78. The Bertz CT molecular complexity index is 517. The molecular formula is C14H15ClN2O. The molecule has 0 aliphatic carbocycles. The lowest BCUT2D eigenvalue weighted by Gasteiger charge is -2.06. The van der Waals surface area contributed by atoms with Crippen molar-refractivity contribution in [2.45, 2.75) is 13.2 Å². The second-order valence-electron chi connectivity index (χ2n) is 3.91. The number of nitrogens with zero attached hydrogens (tertiary/aromatic N) is 1. The molecule has 18 heavy (non-hydrogen) atoms. The van der Waals surface area contributed by atoms with Crippen molar-refractivity contribution in [1.29, 1.82) is 0 Å². The number of aromatic nitrogens is 1. The lowest BCUT2D eigenvalue weighted by atomic mass is 10.2. The van der Waals surface area contributed by atoms with E-state index in [0.717, 1.165) is 22.0 Å². The molecule has 0 radical (unpaired) electrons. The summed E-state index contributed by atoms with van der Waals surface area (Å²) in [6.07, 6.45) is 1.77. The molecule has 0 spiro atoms. The summed E-state index contributed by atoms with van der Waals surface area (Å²) in [6, 6.07) is 11.5. The Morgan fingerprint density at radius 3 is 2.89 bits per heavy atom. The molecule has 0 aliphatic rings. The number of pyridine rings is 1. The highest BCUT2D eigenvalue weighted by atomic mass is 35.5. The van der Waals surface area contributed by atoms with Crippen molar-refractivity contribution in [2.24, 2.45) is 0 Å². The van der Waals surface area contributed by atoms with Crippen molar-refractivity contribution < 1.29 is 4.74 Å². The van der Waals surface area contributed by atoms with Crippen molar-refractivity contribution in [3.63, 3.8) is 0 Å². The van der Waals surface area contributed by atoms with Crippen LogP contribution in [0.25, 0.3) is 0 Å². The van der Waals surface area contributed by atoms with Crippen molar-refractivity contribution in [2.75, 3.05) is 12.4 Å². The minimum atomic E-state index is 0.488. The number of anilines is 1. The molecule has 1 aromatic heterocycles. The average Bonchev–Trinajstić information content (AvgIpc) is 2.39. The van der Waals surface area contributed by atoms with E-state index in [9.17, 15) is 0 Å². The lowest BCUT2D eigenvalue weighted by Crippen LogP contribution is -1.98. The first-order valence-corrected chi connectivity index (χ1v) is 6.10. The van der Waals surface area contributed by atoms with Gasteiger partial charge >= 0.3 is 0 Å². The zero-order chi connectivity index (χ0) is 12.8. The first kappa shape index (κ1) is 12.9. The standard InChI is InChI=1S/C14H15ClN2O/c1-16-13-5-6-17-14(8-13)10-18-9-11-3-2-4-12(15)7-11/h2-8H,9-10H2,1H3,(H,16,17). The summed E-state index contributed by atoms with van der Waals surface area (Å²) < 4.78 is 5.61. The van der Waals surface area contributed by atoms with Crippen LogP contribution >= 0.6 is 11.6 Å². The zero-order valence-corrected chi connectivity index (χ0v) is 10.9. The maximum absolute atomic E-state index is 5.90. The molecule has 0 bridgehead atoms. The molecule has 0 saturated carbocycles. The fourth-order valence-corrected chi connectivity index (χ4v) is 1.83. The molecule has 2 aromatic rings. The quantitative estimate of drug-likeness (QED) is 0.896. The highest BCUT2D eigenvalue weighted by Gasteiger charge is 1.98. The highest BCUT2D eigenvalue weighted by Crippen LogP contribution is 2.13. The van der Waals surface area contributed by atoms with Crippen LogP contribution in [-0.4, -0.2) is 12.0 Å². The summed E-state index contributed by atoms with van der Waals surface area (Å²) in [6.45, 7) is 1.02. The van der Waals surface area contributed by atoms with Gasteiger partial charge in [-0.25, -0.2) is 0 Å². The number of benzene rings is 1. The molecule has 0 unspecified atom stereocenters. The van der Waals surface area contributed by atoms with Crippen LogP contribution in [0, 0.1) is 0 Å². The molecule has 1 heterocycles. The third kappa shape index (κ3) is 3.72. The molecule has 94 valence electrons. The minimum Gasteiger partial charge on any atom is -0.388 e.